The predicted octanol–water partition coefficient (Wildman–Crippen LogP) is 7.43. The van der Waals surface area contributed by atoms with E-state index in [0.29, 0.717) is 34.9 Å². The Bertz CT molecular complexity index is 1130. The van der Waals surface area contributed by atoms with Gasteiger partial charge in [0.25, 0.3) is 11.8 Å². The molecule has 34 heavy (non-hydrogen) atoms. The van der Waals surface area contributed by atoms with Gasteiger partial charge >= 0.3 is 0 Å². The Morgan fingerprint density at radius 2 is 1.44 bits per heavy atom. The van der Waals surface area contributed by atoms with Crippen molar-refractivity contribution >= 4 is 39.1 Å². The van der Waals surface area contributed by atoms with Crippen LogP contribution in [0.2, 0.25) is 0 Å². The van der Waals surface area contributed by atoms with Crippen molar-refractivity contribution in [1.82, 2.24) is 0 Å². The topological polar surface area (TPSA) is 67.4 Å². The van der Waals surface area contributed by atoms with Gasteiger partial charge in [0.05, 0.1) is 12.2 Å². The van der Waals surface area contributed by atoms with E-state index in [4.69, 9.17) is 4.74 Å². The number of unbranched alkanes of at least 4 members (excludes halogenated alkanes) is 1. The van der Waals surface area contributed by atoms with Crippen LogP contribution >= 0.6 is 15.9 Å². The normalized spacial score (nSPS) is 11.1. The highest BCUT2D eigenvalue weighted by atomic mass is 79.9. The molecule has 178 valence electrons. The minimum absolute atomic E-state index is 0.0352. The summed E-state index contributed by atoms with van der Waals surface area (Å²) in [6.45, 7) is 9.07. The van der Waals surface area contributed by atoms with Crippen LogP contribution in [0.3, 0.4) is 0 Å². The highest BCUT2D eigenvalue weighted by Crippen LogP contribution is 2.26. The maximum atomic E-state index is 12.9. The molecule has 2 N–H and O–H groups in total. The predicted molar refractivity (Wildman–Crippen MR) is 142 cm³/mol. The lowest BCUT2D eigenvalue weighted by Gasteiger charge is -2.19. The first-order valence-corrected chi connectivity index (χ1v) is 12.2. The Balaban J connectivity index is 1.64. The van der Waals surface area contributed by atoms with Crippen LogP contribution in [0.15, 0.2) is 71.2 Å². The first-order valence-electron chi connectivity index (χ1n) is 11.4. The van der Waals surface area contributed by atoms with Crippen molar-refractivity contribution in [2.75, 3.05) is 17.2 Å². The van der Waals surface area contributed by atoms with E-state index < -0.39 is 0 Å². The third kappa shape index (κ3) is 6.94. The number of anilines is 2. The molecule has 0 saturated carbocycles. The van der Waals surface area contributed by atoms with E-state index >= 15 is 0 Å². The van der Waals surface area contributed by atoms with Crippen molar-refractivity contribution in [3.8, 4) is 5.75 Å². The first kappa shape index (κ1) is 25.5. The lowest BCUT2D eigenvalue weighted by molar-refractivity contribution is 0.101. The summed E-state index contributed by atoms with van der Waals surface area (Å²) >= 11 is 3.42. The molecule has 0 fully saturated rings. The standard InChI is InChI=1S/C28H31BrN2O3/c1-5-6-17-34-25-16-11-21(29)18-24(25)27(33)31-23-14-12-22(13-15-23)30-26(32)19-7-9-20(10-8-19)28(2,3)4/h7-16,18H,5-6,17H2,1-4H3,(H,30,32)(H,31,33). The molecule has 0 aliphatic heterocycles. The summed E-state index contributed by atoms with van der Waals surface area (Å²) in [5.74, 6) is 0.110. The summed E-state index contributed by atoms with van der Waals surface area (Å²) in [4.78, 5) is 25.5. The maximum absolute atomic E-state index is 12.9. The number of nitrogens with one attached hydrogen (secondary N) is 2. The number of amides is 2. The van der Waals surface area contributed by atoms with E-state index in [1.165, 1.54) is 5.56 Å². The summed E-state index contributed by atoms with van der Waals surface area (Å²) < 4.78 is 6.59. The second kappa shape index (κ2) is 11.3. The van der Waals surface area contributed by atoms with E-state index in [1.807, 2.05) is 30.3 Å². The van der Waals surface area contributed by atoms with Crippen LogP contribution in [0.25, 0.3) is 0 Å². The van der Waals surface area contributed by atoms with Crippen LogP contribution < -0.4 is 15.4 Å². The average molecular weight is 523 g/mol. The van der Waals surface area contributed by atoms with Gasteiger partial charge in [0.2, 0.25) is 0 Å². The van der Waals surface area contributed by atoms with Gasteiger partial charge in [0, 0.05) is 21.4 Å². The number of carbonyl (C=O) groups excluding carboxylic acids is 2. The molecule has 6 heteroatoms. The second-order valence-electron chi connectivity index (χ2n) is 9.16. The minimum Gasteiger partial charge on any atom is -0.493 e. The molecule has 0 bridgehead atoms. The Kier molecular flexibility index (Phi) is 8.51. The molecule has 3 aromatic carbocycles. The zero-order valence-corrected chi connectivity index (χ0v) is 21.7. The molecule has 2 amide bonds. The molecule has 5 nitrogen and oxygen atoms in total. The van der Waals surface area contributed by atoms with Gasteiger partial charge in [-0.25, -0.2) is 0 Å². The van der Waals surface area contributed by atoms with Crippen LogP contribution in [0.1, 0.15) is 66.8 Å². The lowest BCUT2D eigenvalue weighted by Crippen LogP contribution is -2.15. The van der Waals surface area contributed by atoms with Gasteiger partial charge in [0.15, 0.2) is 0 Å². The Morgan fingerprint density at radius 3 is 2.00 bits per heavy atom. The third-order valence-corrected chi connectivity index (χ3v) is 5.85. The van der Waals surface area contributed by atoms with E-state index in [-0.39, 0.29) is 17.2 Å². The number of hydrogen-bond acceptors (Lipinski definition) is 3. The molecule has 0 spiro atoms. The van der Waals surface area contributed by atoms with Crippen LogP contribution in [0.4, 0.5) is 11.4 Å². The number of rotatable bonds is 8. The van der Waals surface area contributed by atoms with Crippen LogP contribution in [0.5, 0.6) is 5.75 Å². The molecule has 3 aromatic rings. The summed E-state index contributed by atoms with van der Waals surface area (Å²) in [5, 5.41) is 5.79. The van der Waals surface area contributed by atoms with Crippen molar-refractivity contribution in [3.63, 3.8) is 0 Å². The SMILES string of the molecule is CCCCOc1ccc(Br)cc1C(=O)Nc1ccc(NC(=O)c2ccc(C(C)(C)C)cc2)cc1. The zero-order valence-electron chi connectivity index (χ0n) is 20.1. The van der Waals surface area contributed by atoms with Crippen molar-refractivity contribution in [3.05, 3.63) is 87.9 Å². The van der Waals surface area contributed by atoms with Gasteiger partial charge in [0.1, 0.15) is 5.75 Å². The largest absolute Gasteiger partial charge is 0.493 e. The molecular weight excluding hydrogens is 492 g/mol. The van der Waals surface area contributed by atoms with Crippen LogP contribution in [-0.2, 0) is 5.41 Å². The number of hydrogen-bond donors (Lipinski definition) is 2. The Labute approximate surface area is 210 Å². The summed E-state index contributed by atoms with van der Waals surface area (Å²) in [7, 11) is 0. The second-order valence-corrected chi connectivity index (χ2v) is 10.1. The smallest absolute Gasteiger partial charge is 0.259 e. The number of halogens is 1. The third-order valence-electron chi connectivity index (χ3n) is 5.36. The maximum Gasteiger partial charge on any atom is 0.259 e. The highest BCUT2D eigenvalue weighted by molar-refractivity contribution is 9.10. The monoisotopic (exact) mass is 522 g/mol. The molecule has 0 atom stereocenters. The van der Waals surface area contributed by atoms with Gasteiger partial charge < -0.3 is 15.4 Å². The quantitative estimate of drug-likeness (QED) is 0.302. The molecule has 0 aliphatic rings. The van der Waals surface area contributed by atoms with Gasteiger partial charge in [-0.2, -0.15) is 0 Å². The number of benzene rings is 3. The fourth-order valence-corrected chi connectivity index (χ4v) is 3.65. The van der Waals surface area contributed by atoms with E-state index in [0.717, 1.165) is 17.3 Å². The van der Waals surface area contributed by atoms with Gasteiger partial charge in [-0.1, -0.05) is 62.2 Å². The summed E-state index contributed by atoms with van der Waals surface area (Å²) in [6, 6.07) is 20.1. The molecule has 0 unspecified atom stereocenters. The van der Waals surface area contributed by atoms with E-state index in [9.17, 15) is 9.59 Å². The zero-order chi connectivity index (χ0) is 24.7. The van der Waals surface area contributed by atoms with E-state index in [2.05, 4.69) is 54.3 Å². The fourth-order valence-electron chi connectivity index (χ4n) is 3.29. The van der Waals surface area contributed by atoms with Crippen LogP contribution in [0, 0.1) is 0 Å². The van der Waals surface area contributed by atoms with Gasteiger partial charge in [-0.05, 0) is 72.0 Å². The van der Waals surface area contributed by atoms with Crippen molar-refractivity contribution in [2.45, 2.75) is 46.0 Å². The number of carbonyl (C=O) groups is 2. The van der Waals surface area contributed by atoms with Gasteiger partial charge in [-0.15, -0.1) is 0 Å². The molecule has 0 aliphatic carbocycles. The first-order chi connectivity index (χ1) is 16.2. The molecule has 0 radical (unpaired) electrons. The van der Waals surface area contributed by atoms with Crippen molar-refractivity contribution in [2.24, 2.45) is 0 Å². The van der Waals surface area contributed by atoms with E-state index in [1.54, 1.807) is 36.4 Å². The molecule has 3 rings (SSSR count). The molecule has 0 saturated heterocycles. The van der Waals surface area contributed by atoms with Gasteiger partial charge in [-0.3, -0.25) is 9.59 Å². The number of ether oxygens (including phenoxy) is 1. The lowest BCUT2D eigenvalue weighted by atomic mass is 9.87. The van der Waals surface area contributed by atoms with Crippen LogP contribution in [-0.4, -0.2) is 18.4 Å². The molecule has 0 aromatic heterocycles. The summed E-state index contributed by atoms with van der Waals surface area (Å²) in [6.07, 6.45) is 1.94. The fraction of sp³-hybridized carbons (Fsp3) is 0.286. The minimum atomic E-state index is -0.261. The summed E-state index contributed by atoms with van der Waals surface area (Å²) in [5.41, 5.74) is 3.53. The highest BCUT2D eigenvalue weighted by Gasteiger charge is 2.16. The Morgan fingerprint density at radius 1 is 0.853 bits per heavy atom. The molecular formula is C28H31BrN2O3. The van der Waals surface area contributed by atoms with Crippen molar-refractivity contribution in [1.29, 1.82) is 0 Å². The molecule has 0 heterocycles. The Hall–Kier alpha value is -3.12. The van der Waals surface area contributed by atoms with Crippen molar-refractivity contribution < 1.29 is 14.3 Å². The average Bonchev–Trinajstić information content (AvgIpc) is 2.81.